The van der Waals surface area contributed by atoms with Crippen molar-refractivity contribution >= 4 is 22.8 Å². The highest BCUT2D eigenvalue weighted by atomic mass is 16.5. The molecule has 0 aliphatic carbocycles. The lowest BCUT2D eigenvalue weighted by Crippen LogP contribution is -2.35. The molecule has 0 radical (unpaired) electrons. The number of carbonyl (C=O) groups is 2. The van der Waals surface area contributed by atoms with E-state index in [1.807, 2.05) is 84.9 Å². The van der Waals surface area contributed by atoms with E-state index in [0.29, 0.717) is 18.7 Å². The van der Waals surface area contributed by atoms with Crippen molar-refractivity contribution < 1.29 is 14.3 Å². The monoisotopic (exact) mass is 412 g/mol. The molecule has 156 valence electrons. The van der Waals surface area contributed by atoms with Crippen LogP contribution in [-0.4, -0.2) is 34.9 Å². The number of para-hydroxylation sites is 1. The molecule has 0 saturated heterocycles. The lowest BCUT2D eigenvalue weighted by Gasteiger charge is -2.23. The first-order chi connectivity index (χ1) is 15.2. The predicted molar refractivity (Wildman–Crippen MR) is 121 cm³/mol. The lowest BCUT2D eigenvalue weighted by atomic mass is 10.1. The second-order valence-electron chi connectivity index (χ2n) is 7.36. The maximum atomic E-state index is 12.9. The smallest absolute Gasteiger partial charge is 0.340 e. The van der Waals surface area contributed by atoms with Crippen LogP contribution in [0.2, 0.25) is 0 Å². The summed E-state index contributed by atoms with van der Waals surface area (Å²) in [5.41, 5.74) is 3.48. The molecule has 0 aliphatic rings. The molecule has 0 atom stereocenters. The van der Waals surface area contributed by atoms with Crippen LogP contribution in [0.1, 0.15) is 21.5 Å². The van der Waals surface area contributed by atoms with Gasteiger partial charge in [0, 0.05) is 30.2 Å². The number of aromatic nitrogens is 1. The van der Waals surface area contributed by atoms with Gasteiger partial charge in [0.1, 0.15) is 0 Å². The van der Waals surface area contributed by atoms with Crippen LogP contribution in [0, 0.1) is 0 Å². The Labute approximate surface area is 181 Å². The minimum absolute atomic E-state index is 0.215. The molecule has 0 bridgehead atoms. The molecule has 0 aliphatic heterocycles. The molecule has 1 heterocycles. The summed E-state index contributed by atoms with van der Waals surface area (Å²) in [6.07, 6.45) is 2.35. The van der Waals surface area contributed by atoms with Gasteiger partial charge in [0.05, 0.1) is 5.56 Å². The molecule has 0 spiro atoms. The van der Waals surface area contributed by atoms with Crippen LogP contribution >= 0.6 is 0 Å². The number of hydrogen-bond donors (Lipinski definition) is 1. The van der Waals surface area contributed by atoms with Gasteiger partial charge in [-0.05, 0) is 23.6 Å². The molecule has 4 rings (SSSR count). The first kappa shape index (κ1) is 20.4. The van der Waals surface area contributed by atoms with Gasteiger partial charge in [-0.3, -0.25) is 4.79 Å². The van der Waals surface area contributed by atoms with Gasteiger partial charge < -0.3 is 14.6 Å². The van der Waals surface area contributed by atoms with Gasteiger partial charge in [0.15, 0.2) is 6.61 Å². The van der Waals surface area contributed by atoms with Crippen LogP contribution < -0.4 is 0 Å². The molecule has 1 amide bonds. The number of rotatable bonds is 8. The van der Waals surface area contributed by atoms with Crippen molar-refractivity contribution in [2.24, 2.45) is 0 Å². The molecule has 0 fully saturated rings. The van der Waals surface area contributed by atoms with E-state index in [-0.39, 0.29) is 12.5 Å². The van der Waals surface area contributed by atoms with Gasteiger partial charge in [-0.1, -0.05) is 78.9 Å². The van der Waals surface area contributed by atoms with Gasteiger partial charge >= 0.3 is 5.97 Å². The first-order valence-electron chi connectivity index (χ1n) is 10.3. The second kappa shape index (κ2) is 9.76. The highest BCUT2D eigenvalue weighted by Gasteiger charge is 2.19. The SMILES string of the molecule is O=C(OCC(=O)N(CCc1ccccc1)Cc1ccccc1)c1c[nH]c2ccccc12. The average Bonchev–Trinajstić information content (AvgIpc) is 3.25. The molecule has 31 heavy (non-hydrogen) atoms. The third kappa shape index (κ3) is 5.20. The fourth-order valence-electron chi connectivity index (χ4n) is 3.54. The zero-order valence-electron chi connectivity index (χ0n) is 17.2. The van der Waals surface area contributed by atoms with Gasteiger partial charge in [0.2, 0.25) is 0 Å². The summed E-state index contributed by atoms with van der Waals surface area (Å²) in [7, 11) is 0. The van der Waals surface area contributed by atoms with Crippen LogP contribution in [0.3, 0.4) is 0 Å². The van der Waals surface area contributed by atoms with E-state index in [9.17, 15) is 9.59 Å². The van der Waals surface area contributed by atoms with Gasteiger partial charge in [-0.15, -0.1) is 0 Å². The fraction of sp³-hybridized carbons (Fsp3) is 0.154. The number of ether oxygens (including phenoxy) is 1. The highest BCUT2D eigenvalue weighted by Crippen LogP contribution is 2.18. The van der Waals surface area contributed by atoms with Gasteiger partial charge in [0.25, 0.3) is 5.91 Å². The molecule has 0 saturated carbocycles. The summed E-state index contributed by atoms with van der Waals surface area (Å²) in [5.74, 6) is -0.721. The molecule has 0 unspecified atom stereocenters. The Morgan fingerprint density at radius 3 is 2.19 bits per heavy atom. The maximum absolute atomic E-state index is 12.9. The summed E-state index contributed by atoms with van der Waals surface area (Å²) in [6, 6.07) is 27.4. The number of H-pyrrole nitrogens is 1. The number of aromatic amines is 1. The molecule has 3 aromatic carbocycles. The number of esters is 1. The normalized spacial score (nSPS) is 10.7. The summed E-state index contributed by atoms with van der Waals surface area (Å²) in [5, 5.41) is 0.783. The standard InChI is InChI=1S/C26H24N2O3/c29-25(19-31-26(30)23-17-27-24-14-8-7-13-22(23)24)28(18-21-11-5-2-6-12-21)16-15-20-9-3-1-4-10-20/h1-14,17,27H,15-16,18-19H2. The van der Waals surface area contributed by atoms with Gasteiger partial charge in [-0.25, -0.2) is 4.79 Å². The third-order valence-corrected chi connectivity index (χ3v) is 5.22. The van der Waals surface area contributed by atoms with Crippen LogP contribution in [0.4, 0.5) is 0 Å². The van der Waals surface area contributed by atoms with Crippen LogP contribution in [-0.2, 0) is 22.5 Å². The summed E-state index contributed by atoms with van der Waals surface area (Å²) in [6.45, 7) is 0.722. The number of fused-ring (bicyclic) bond motifs is 1. The van der Waals surface area contributed by atoms with Crippen molar-refractivity contribution in [1.29, 1.82) is 0 Å². The van der Waals surface area contributed by atoms with E-state index in [0.717, 1.165) is 28.5 Å². The fourth-order valence-corrected chi connectivity index (χ4v) is 3.54. The van der Waals surface area contributed by atoms with E-state index >= 15 is 0 Å². The summed E-state index contributed by atoms with van der Waals surface area (Å²) < 4.78 is 5.38. The number of benzene rings is 3. The molecular weight excluding hydrogens is 388 g/mol. The van der Waals surface area contributed by atoms with E-state index in [1.54, 1.807) is 11.1 Å². The Morgan fingerprint density at radius 1 is 0.806 bits per heavy atom. The Bertz CT molecular complexity index is 1150. The molecule has 4 aromatic rings. The Balaban J connectivity index is 1.42. The van der Waals surface area contributed by atoms with Crippen LogP contribution in [0.5, 0.6) is 0 Å². The number of nitrogens with one attached hydrogen (secondary N) is 1. The minimum atomic E-state index is -0.506. The largest absolute Gasteiger partial charge is 0.452 e. The Morgan fingerprint density at radius 2 is 1.45 bits per heavy atom. The third-order valence-electron chi connectivity index (χ3n) is 5.22. The van der Waals surface area contributed by atoms with E-state index in [1.165, 1.54) is 0 Å². The quantitative estimate of drug-likeness (QED) is 0.430. The zero-order valence-corrected chi connectivity index (χ0v) is 17.2. The van der Waals surface area contributed by atoms with E-state index < -0.39 is 5.97 Å². The Hall–Kier alpha value is -3.86. The summed E-state index contributed by atoms with van der Waals surface area (Å²) >= 11 is 0. The van der Waals surface area contributed by atoms with Gasteiger partial charge in [-0.2, -0.15) is 0 Å². The van der Waals surface area contributed by atoms with Crippen molar-refractivity contribution in [2.45, 2.75) is 13.0 Å². The molecule has 5 heteroatoms. The maximum Gasteiger partial charge on any atom is 0.340 e. The number of nitrogens with zero attached hydrogens (tertiary/aromatic N) is 1. The number of hydrogen-bond acceptors (Lipinski definition) is 3. The topological polar surface area (TPSA) is 62.4 Å². The van der Waals surface area contributed by atoms with E-state index in [2.05, 4.69) is 4.98 Å². The number of carbonyl (C=O) groups excluding carboxylic acids is 2. The zero-order chi connectivity index (χ0) is 21.5. The average molecular weight is 412 g/mol. The van der Waals surface area contributed by atoms with Crippen molar-refractivity contribution in [2.75, 3.05) is 13.2 Å². The number of amides is 1. The first-order valence-corrected chi connectivity index (χ1v) is 10.3. The predicted octanol–water partition coefficient (Wildman–Crippen LogP) is 4.60. The molecule has 5 nitrogen and oxygen atoms in total. The van der Waals surface area contributed by atoms with E-state index in [4.69, 9.17) is 4.74 Å². The minimum Gasteiger partial charge on any atom is -0.452 e. The second-order valence-corrected chi connectivity index (χ2v) is 7.36. The molecular formula is C26H24N2O3. The van der Waals surface area contributed by atoms with Crippen molar-refractivity contribution in [3.05, 3.63) is 108 Å². The van der Waals surface area contributed by atoms with Crippen molar-refractivity contribution in [1.82, 2.24) is 9.88 Å². The van der Waals surface area contributed by atoms with Crippen LogP contribution in [0.25, 0.3) is 10.9 Å². The lowest BCUT2D eigenvalue weighted by molar-refractivity contribution is -0.135. The molecule has 1 N–H and O–H groups in total. The Kier molecular flexibility index (Phi) is 6.43. The summed E-state index contributed by atoms with van der Waals surface area (Å²) in [4.78, 5) is 30.3. The van der Waals surface area contributed by atoms with Crippen molar-refractivity contribution in [3.63, 3.8) is 0 Å². The molecule has 1 aromatic heterocycles. The highest BCUT2D eigenvalue weighted by molar-refractivity contribution is 6.04. The van der Waals surface area contributed by atoms with Crippen molar-refractivity contribution in [3.8, 4) is 0 Å². The van der Waals surface area contributed by atoms with Crippen LogP contribution in [0.15, 0.2) is 91.1 Å².